The van der Waals surface area contributed by atoms with Crippen molar-refractivity contribution >= 4 is 31.3 Å². The molecule has 0 aliphatic carbocycles. The summed E-state index contributed by atoms with van der Waals surface area (Å²) in [6.07, 6.45) is 0.437. The molecule has 0 fully saturated rings. The van der Waals surface area contributed by atoms with Crippen LogP contribution in [-0.4, -0.2) is 8.42 Å². The molecule has 0 radical (unpaired) electrons. The molecule has 0 spiro atoms. The molecule has 78 valence electrons. The summed E-state index contributed by atoms with van der Waals surface area (Å²) in [5.41, 5.74) is 0.634. The third-order valence-corrected chi connectivity index (χ3v) is 4.10. The highest BCUT2D eigenvalue weighted by Crippen LogP contribution is 2.30. The lowest BCUT2D eigenvalue weighted by atomic mass is 10.1. The molecule has 0 saturated carbocycles. The highest BCUT2D eigenvalue weighted by atomic mass is 35.7. The molecule has 2 nitrogen and oxygen atoms in total. The van der Waals surface area contributed by atoms with Gasteiger partial charge in [0.2, 0.25) is 9.05 Å². The van der Waals surface area contributed by atoms with E-state index in [9.17, 15) is 8.42 Å². The van der Waals surface area contributed by atoms with Crippen LogP contribution in [0, 0.1) is 0 Å². The van der Waals surface area contributed by atoms with Gasteiger partial charge in [-0.15, -0.1) is 0 Å². The van der Waals surface area contributed by atoms with E-state index in [1.807, 2.05) is 0 Å². The molecule has 0 aliphatic rings. The van der Waals surface area contributed by atoms with E-state index in [2.05, 4.69) is 0 Å². The second-order valence-corrected chi connectivity index (χ2v) is 6.17. The van der Waals surface area contributed by atoms with Crippen molar-refractivity contribution < 1.29 is 8.42 Å². The molecule has 5 heteroatoms. The molecule has 1 aromatic rings. The molecular formula is C9H10Cl2O2S. The first-order valence-corrected chi connectivity index (χ1v) is 6.89. The monoisotopic (exact) mass is 252 g/mol. The lowest BCUT2D eigenvalue weighted by Crippen LogP contribution is -2.05. The second kappa shape index (κ2) is 4.51. The van der Waals surface area contributed by atoms with Gasteiger partial charge in [0.1, 0.15) is 5.25 Å². The molecular weight excluding hydrogens is 243 g/mol. The summed E-state index contributed by atoms with van der Waals surface area (Å²) in [5.74, 6) is 0. The topological polar surface area (TPSA) is 34.1 Å². The number of hydrogen-bond donors (Lipinski definition) is 0. The highest BCUT2D eigenvalue weighted by Gasteiger charge is 2.22. The number of halogens is 2. The van der Waals surface area contributed by atoms with Crippen molar-refractivity contribution in [2.45, 2.75) is 18.6 Å². The minimum atomic E-state index is -3.57. The maximum atomic E-state index is 11.2. The molecule has 14 heavy (non-hydrogen) atoms. The van der Waals surface area contributed by atoms with Gasteiger partial charge in [0, 0.05) is 15.7 Å². The first-order chi connectivity index (χ1) is 6.45. The van der Waals surface area contributed by atoms with Crippen molar-refractivity contribution in [1.29, 1.82) is 0 Å². The maximum absolute atomic E-state index is 11.2. The van der Waals surface area contributed by atoms with E-state index in [4.69, 9.17) is 22.3 Å². The fraction of sp³-hybridized carbons (Fsp3) is 0.333. The summed E-state index contributed by atoms with van der Waals surface area (Å²) in [5, 5.41) is -0.163. The number of benzene rings is 1. The van der Waals surface area contributed by atoms with E-state index < -0.39 is 14.3 Å². The van der Waals surface area contributed by atoms with Crippen LogP contribution in [0.25, 0.3) is 0 Å². The van der Waals surface area contributed by atoms with Crippen LogP contribution in [0.2, 0.25) is 5.02 Å². The fourth-order valence-electron chi connectivity index (χ4n) is 1.30. The molecule has 1 aromatic carbocycles. The van der Waals surface area contributed by atoms with E-state index in [0.717, 1.165) is 0 Å². The Morgan fingerprint density at radius 3 is 2.50 bits per heavy atom. The minimum Gasteiger partial charge on any atom is -0.212 e. The number of rotatable bonds is 3. The Kier molecular flexibility index (Phi) is 3.81. The van der Waals surface area contributed by atoms with Crippen molar-refractivity contribution in [1.82, 2.24) is 0 Å². The standard InChI is InChI=1S/C9H10Cl2O2S/c1-2-9(14(11,12)13)7-4-3-5-8(10)6-7/h3-6,9H,2H2,1H3. The normalized spacial score (nSPS) is 13.9. The van der Waals surface area contributed by atoms with Crippen molar-refractivity contribution in [3.63, 3.8) is 0 Å². The van der Waals surface area contributed by atoms with Crippen molar-refractivity contribution in [3.05, 3.63) is 34.9 Å². The Bertz CT molecular complexity index is 415. The largest absolute Gasteiger partial charge is 0.239 e. The first kappa shape index (κ1) is 11.8. The van der Waals surface area contributed by atoms with E-state index in [1.54, 1.807) is 31.2 Å². The lowest BCUT2D eigenvalue weighted by Gasteiger charge is -2.11. The predicted molar refractivity (Wildman–Crippen MR) is 59.3 cm³/mol. The molecule has 0 N–H and O–H groups in total. The van der Waals surface area contributed by atoms with Gasteiger partial charge in [-0.05, 0) is 24.1 Å². The molecule has 0 bridgehead atoms. The summed E-state index contributed by atoms with van der Waals surface area (Å²) in [4.78, 5) is 0. The van der Waals surface area contributed by atoms with Crippen LogP contribution < -0.4 is 0 Å². The van der Waals surface area contributed by atoms with Gasteiger partial charge in [-0.3, -0.25) is 0 Å². The van der Waals surface area contributed by atoms with Crippen molar-refractivity contribution in [2.24, 2.45) is 0 Å². The first-order valence-electron chi connectivity index (χ1n) is 4.14. The Hall–Kier alpha value is -0.250. The lowest BCUT2D eigenvalue weighted by molar-refractivity contribution is 0.594. The van der Waals surface area contributed by atoms with Crippen LogP contribution in [0.3, 0.4) is 0 Å². The van der Waals surface area contributed by atoms with Crippen molar-refractivity contribution in [2.75, 3.05) is 0 Å². The molecule has 1 atom stereocenters. The van der Waals surface area contributed by atoms with Gasteiger partial charge < -0.3 is 0 Å². The average Bonchev–Trinajstić information content (AvgIpc) is 2.02. The zero-order valence-electron chi connectivity index (χ0n) is 7.57. The van der Waals surface area contributed by atoms with Gasteiger partial charge in [0.25, 0.3) is 0 Å². The predicted octanol–water partition coefficient (Wildman–Crippen LogP) is 3.36. The van der Waals surface area contributed by atoms with Crippen LogP contribution in [-0.2, 0) is 9.05 Å². The average molecular weight is 253 g/mol. The van der Waals surface area contributed by atoms with Crippen LogP contribution >= 0.6 is 22.3 Å². The number of hydrogen-bond acceptors (Lipinski definition) is 2. The van der Waals surface area contributed by atoms with Crippen LogP contribution in [0.4, 0.5) is 0 Å². The summed E-state index contributed by atoms with van der Waals surface area (Å²) < 4.78 is 22.4. The molecule has 1 rings (SSSR count). The van der Waals surface area contributed by atoms with E-state index in [-0.39, 0.29) is 0 Å². The summed E-state index contributed by atoms with van der Waals surface area (Å²) >= 11 is 5.76. The van der Waals surface area contributed by atoms with Crippen LogP contribution in [0.5, 0.6) is 0 Å². The van der Waals surface area contributed by atoms with Crippen LogP contribution in [0.1, 0.15) is 24.2 Å². The molecule has 0 aromatic heterocycles. The molecule has 0 heterocycles. The summed E-state index contributed by atoms with van der Waals surface area (Å²) in [6, 6.07) is 6.73. The van der Waals surface area contributed by atoms with Gasteiger partial charge >= 0.3 is 0 Å². The van der Waals surface area contributed by atoms with E-state index in [1.165, 1.54) is 0 Å². The Morgan fingerprint density at radius 1 is 1.43 bits per heavy atom. The Morgan fingerprint density at radius 2 is 2.07 bits per heavy atom. The molecule has 0 amide bonds. The zero-order chi connectivity index (χ0) is 10.8. The SMILES string of the molecule is CCC(c1cccc(Cl)c1)S(=O)(=O)Cl. The minimum absolute atomic E-state index is 0.437. The molecule has 1 unspecified atom stereocenters. The Balaban J connectivity index is 3.14. The Labute approximate surface area is 93.3 Å². The third-order valence-electron chi connectivity index (χ3n) is 1.93. The van der Waals surface area contributed by atoms with E-state index >= 15 is 0 Å². The van der Waals surface area contributed by atoms with Gasteiger partial charge in [-0.2, -0.15) is 0 Å². The van der Waals surface area contributed by atoms with Gasteiger partial charge in [-0.25, -0.2) is 8.42 Å². The zero-order valence-corrected chi connectivity index (χ0v) is 9.90. The van der Waals surface area contributed by atoms with Crippen LogP contribution in [0.15, 0.2) is 24.3 Å². The summed E-state index contributed by atoms with van der Waals surface area (Å²) in [7, 11) is 1.74. The van der Waals surface area contributed by atoms with Gasteiger partial charge in [0.05, 0.1) is 0 Å². The maximum Gasteiger partial charge on any atom is 0.239 e. The van der Waals surface area contributed by atoms with E-state index in [0.29, 0.717) is 17.0 Å². The highest BCUT2D eigenvalue weighted by molar-refractivity contribution is 8.13. The second-order valence-electron chi connectivity index (χ2n) is 2.93. The van der Waals surface area contributed by atoms with Gasteiger partial charge in [0.15, 0.2) is 0 Å². The molecule has 0 aliphatic heterocycles. The van der Waals surface area contributed by atoms with Gasteiger partial charge in [-0.1, -0.05) is 30.7 Å². The quantitative estimate of drug-likeness (QED) is 0.774. The smallest absolute Gasteiger partial charge is 0.212 e. The summed E-state index contributed by atoms with van der Waals surface area (Å²) in [6.45, 7) is 1.77. The van der Waals surface area contributed by atoms with Crippen molar-refractivity contribution in [3.8, 4) is 0 Å². The third kappa shape index (κ3) is 2.87. The molecule has 0 saturated heterocycles. The fourth-order valence-corrected chi connectivity index (χ4v) is 3.06.